The maximum atomic E-state index is 13.5. The minimum absolute atomic E-state index is 0.335. The predicted octanol–water partition coefficient (Wildman–Crippen LogP) is 10.1. The van der Waals surface area contributed by atoms with Crippen molar-refractivity contribution in [3.8, 4) is 0 Å². The van der Waals surface area contributed by atoms with Gasteiger partial charge in [0.1, 0.15) is 5.67 Å². The average molecular weight is 465 g/mol. The van der Waals surface area contributed by atoms with Crippen LogP contribution in [0, 0.1) is 5.41 Å². The van der Waals surface area contributed by atoms with Gasteiger partial charge in [-0.1, -0.05) is 108 Å². The molecule has 0 aliphatic heterocycles. The molecule has 0 saturated heterocycles. The van der Waals surface area contributed by atoms with Crippen molar-refractivity contribution >= 4 is 5.97 Å². The van der Waals surface area contributed by atoms with Crippen molar-refractivity contribution in [2.24, 2.45) is 5.41 Å². The molecule has 3 saturated carbocycles. The summed E-state index contributed by atoms with van der Waals surface area (Å²) in [4.78, 5) is 10.4. The molecule has 3 aliphatic rings. The summed E-state index contributed by atoms with van der Waals surface area (Å²) in [5.41, 5.74) is -0.241. The zero-order valence-corrected chi connectivity index (χ0v) is 21.6. The molecule has 3 heteroatoms. The van der Waals surface area contributed by atoms with E-state index in [1.54, 1.807) is 0 Å². The maximum Gasteiger partial charge on any atom is 0.303 e. The first-order valence-corrected chi connectivity index (χ1v) is 14.6. The molecule has 0 amide bonds. The number of halogens is 1. The van der Waals surface area contributed by atoms with E-state index in [0.717, 1.165) is 32.1 Å². The highest BCUT2D eigenvalue weighted by Gasteiger charge is 2.68. The summed E-state index contributed by atoms with van der Waals surface area (Å²) in [6.45, 7) is 0. The van der Waals surface area contributed by atoms with Crippen molar-refractivity contribution in [2.45, 2.75) is 166 Å². The minimum atomic E-state index is -0.706. The Morgan fingerprint density at radius 2 is 0.970 bits per heavy atom. The number of allylic oxidation sites excluding steroid dienone is 2. The highest BCUT2D eigenvalue weighted by Crippen LogP contribution is 2.71. The van der Waals surface area contributed by atoms with Crippen LogP contribution in [-0.2, 0) is 4.79 Å². The van der Waals surface area contributed by atoms with E-state index in [1.807, 2.05) is 0 Å². The van der Waals surface area contributed by atoms with Gasteiger partial charge in [-0.05, 0) is 63.2 Å². The Bertz CT molecular complexity index is 522. The second-order valence-corrected chi connectivity index (χ2v) is 11.5. The van der Waals surface area contributed by atoms with E-state index in [4.69, 9.17) is 5.11 Å². The number of rotatable bonds is 24. The summed E-state index contributed by atoms with van der Waals surface area (Å²) in [5, 5.41) is 8.60. The first-order valence-electron chi connectivity index (χ1n) is 14.6. The van der Waals surface area contributed by atoms with E-state index < -0.39 is 11.6 Å². The van der Waals surface area contributed by atoms with Crippen LogP contribution in [0.2, 0.25) is 0 Å². The zero-order chi connectivity index (χ0) is 23.7. The Morgan fingerprint density at radius 1 is 0.606 bits per heavy atom. The number of aliphatic carboxylic acids is 1. The van der Waals surface area contributed by atoms with Crippen LogP contribution in [0.1, 0.15) is 161 Å². The fraction of sp³-hybridized carbons (Fsp3) is 0.900. The molecule has 2 nitrogen and oxygen atoms in total. The molecule has 3 fully saturated rings. The molecule has 0 aromatic heterocycles. The lowest BCUT2D eigenvalue weighted by Gasteiger charge is -2.66. The summed E-state index contributed by atoms with van der Waals surface area (Å²) in [7, 11) is 0. The molecule has 0 radical (unpaired) electrons. The highest BCUT2D eigenvalue weighted by atomic mass is 19.1. The Balaban J connectivity index is 1.18. The van der Waals surface area contributed by atoms with Crippen LogP contribution < -0.4 is 0 Å². The lowest BCUT2D eigenvalue weighted by molar-refractivity contribution is -0.217. The maximum absolute atomic E-state index is 13.5. The molecule has 0 atom stereocenters. The van der Waals surface area contributed by atoms with Gasteiger partial charge in [-0.2, -0.15) is 0 Å². The number of hydrogen-bond acceptors (Lipinski definition) is 1. The second kappa shape index (κ2) is 16.7. The highest BCUT2D eigenvalue weighted by molar-refractivity contribution is 5.66. The molecule has 0 unspecified atom stereocenters. The largest absolute Gasteiger partial charge is 0.481 e. The third-order valence-electron chi connectivity index (χ3n) is 8.08. The Labute approximate surface area is 204 Å². The van der Waals surface area contributed by atoms with Gasteiger partial charge in [0.25, 0.3) is 0 Å². The van der Waals surface area contributed by atoms with Gasteiger partial charge in [-0.3, -0.25) is 4.79 Å². The Morgan fingerprint density at radius 3 is 1.36 bits per heavy atom. The summed E-state index contributed by atoms with van der Waals surface area (Å²) in [6.07, 6.45) is 35.0. The van der Waals surface area contributed by atoms with E-state index in [2.05, 4.69) is 12.2 Å². The van der Waals surface area contributed by atoms with Crippen LogP contribution in [0.4, 0.5) is 4.39 Å². The number of carboxylic acids is 1. The van der Waals surface area contributed by atoms with E-state index in [1.165, 1.54) is 122 Å². The van der Waals surface area contributed by atoms with Crippen LogP contribution in [0.3, 0.4) is 0 Å². The van der Waals surface area contributed by atoms with Crippen LogP contribution in [-0.4, -0.2) is 16.7 Å². The molecule has 0 spiro atoms. The van der Waals surface area contributed by atoms with Crippen molar-refractivity contribution < 1.29 is 14.3 Å². The number of alkyl halides is 1. The van der Waals surface area contributed by atoms with E-state index in [0.29, 0.717) is 11.8 Å². The molecule has 3 rings (SSSR count). The first-order chi connectivity index (χ1) is 16.0. The fourth-order valence-corrected chi connectivity index (χ4v) is 6.14. The summed E-state index contributed by atoms with van der Waals surface area (Å²) >= 11 is 0. The van der Waals surface area contributed by atoms with E-state index in [-0.39, 0.29) is 0 Å². The lowest BCUT2D eigenvalue weighted by atomic mass is 9.41. The van der Waals surface area contributed by atoms with Crippen LogP contribution >= 0.6 is 0 Å². The normalized spacial score (nSPS) is 23.5. The van der Waals surface area contributed by atoms with Gasteiger partial charge in [0.05, 0.1) is 0 Å². The van der Waals surface area contributed by atoms with E-state index >= 15 is 0 Å². The smallest absolute Gasteiger partial charge is 0.303 e. The van der Waals surface area contributed by atoms with Crippen molar-refractivity contribution in [1.82, 2.24) is 0 Å². The van der Waals surface area contributed by atoms with E-state index in [9.17, 15) is 9.18 Å². The predicted molar refractivity (Wildman–Crippen MR) is 138 cm³/mol. The van der Waals surface area contributed by atoms with Gasteiger partial charge < -0.3 is 5.11 Å². The number of unbranched alkanes of at least 4 members (excludes halogenated alkanes) is 18. The monoisotopic (exact) mass is 464 g/mol. The van der Waals surface area contributed by atoms with Crippen LogP contribution in [0.15, 0.2) is 12.2 Å². The third kappa shape index (κ3) is 13.0. The van der Waals surface area contributed by atoms with Gasteiger partial charge in [0.15, 0.2) is 0 Å². The summed E-state index contributed by atoms with van der Waals surface area (Å²) in [5.74, 6) is -0.658. The summed E-state index contributed by atoms with van der Waals surface area (Å²) < 4.78 is 13.5. The van der Waals surface area contributed by atoms with Gasteiger partial charge >= 0.3 is 5.97 Å². The number of carboxylic acid groups (broad SMARTS) is 1. The Hall–Kier alpha value is -0.860. The van der Waals surface area contributed by atoms with Crippen molar-refractivity contribution in [1.29, 1.82) is 0 Å². The Kier molecular flexibility index (Phi) is 14.4. The standard InChI is InChI=1S/C30H53FO2/c31-30-25-29(26-30,27-30)24-22-20-18-16-14-12-10-8-6-4-2-1-3-5-7-9-11-13-15-17-19-21-23-28(32)33/h6,8H,1-5,7,9-27H2,(H,32,33)/b8-6+. The second-order valence-electron chi connectivity index (χ2n) is 11.5. The SMILES string of the molecule is O=C(O)CCCCCCCCCCCCCC/C=C/CCCCCCCCC12CC(F)(C1)C2. The first kappa shape index (κ1) is 28.4. The number of carbonyl (C=O) groups is 1. The molecule has 192 valence electrons. The minimum Gasteiger partial charge on any atom is -0.481 e. The van der Waals surface area contributed by atoms with Gasteiger partial charge in [-0.25, -0.2) is 4.39 Å². The van der Waals surface area contributed by atoms with Crippen LogP contribution in [0.25, 0.3) is 0 Å². The third-order valence-corrected chi connectivity index (χ3v) is 8.08. The molecule has 0 heterocycles. The quantitative estimate of drug-likeness (QED) is 0.114. The molecule has 33 heavy (non-hydrogen) atoms. The average Bonchev–Trinajstić information content (AvgIpc) is 2.74. The topological polar surface area (TPSA) is 37.3 Å². The van der Waals surface area contributed by atoms with Gasteiger partial charge in [0.2, 0.25) is 0 Å². The molecular weight excluding hydrogens is 411 g/mol. The summed E-state index contributed by atoms with van der Waals surface area (Å²) in [6, 6.07) is 0. The molecule has 2 bridgehead atoms. The molecular formula is C30H53FO2. The van der Waals surface area contributed by atoms with Crippen molar-refractivity contribution in [2.75, 3.05) is 0 Å². The molecule has 1 N–H and O–H groups in total. The zero-order valence-electron chi connectivity index (χ0n) is 21.6. The van der Waals surface area contributed by atoms with Crippen molar-refractivity contribution in [3.05, 3.63) is 12.2 Å². The fourth-order valence-electron chi connectivity index (χ4n) is 6.14. The number of hydrogen-bond donors (Lipinski definition) is 1. The van der Waals surface area contributed by atoms with Crippen LogP contribution in [0.5, 0.6) is 0 Å². The molecule has 0 aromatic carbocycles. The molecule has 0 aromatic rings. The van der Waals surface area contributed by atoms with Gasteiger partial charge in [0, 0.05) is 6.42 Å². The van der Waals surface area contributed by atoms with Crippen molar-refractivity contribution in [3.63, 3.8) is 0 Å². The molecule has 3 aliphatic carbocycles. The van der Waals surface area contributed by atoms with Gasteiger partial charge in [-0.15, -0.1) is 0 Å². The lowest BCUT2D eigenvalue weighted by Crippen LogP contribution is -2.64.